The third kappa shape index (κ3) is 4.59. The molecule has 0 aliphatic carbocycles. The van der Waals surface area contributed by atoms with Gasteiger partial charge < -0.3 is 15.1 Å². The standard InChI is InChI=1S/C22H24N6O3S/c1-13(2)11-24-19-15-12-25-28(20(15)27-22(26-19)32-3)9-8-23-21(30)18-10-16(29)14-6-4-5-7-17(14)31-18/h4-7,10,12-13H,8-9,11H2,1-3H3,(H,23,30)(H,24,26,27). The van der Waals surface area contributed by atoms with Gasteiger partial charge in [0.2, 0.25) is 0 Å². The Morgan fingerprint density at radius 3 is 2.81 bits per heavy atom. The van der Waals surface area contributed by atoms with Gasteiger partial charge in [0.05, 0.1) is 23.5 Å². The zero-order valence-electron chi connectivity index (χ0n) is 18.1. The second-order valence-corrected chi connectivity index (χ2v) is 8.44. The van der Waals surface area contributed by atoms with Gasteiger partial charge >= 0.3 is 0 Å². The van der Waals surface area contributed by atoms with Gasteiger partial charge in [0.1, 0.15) is 11.4 Å². The second kappa shape index (κ2) is 9.39. The molecule has 0 unspecified atom stereocenters. The first-order chi connectivity index (χ1) is 15.5. The molecule has 0 spiro atoms. The van der Waals surface area contributed by atoms with Gasteiger partial charge in [0.25, 0.3) is 5.91 Å². The highest BCUT2D eigenvalue weighted by molar-refractivity contribution is 7.98. The molecule has 32 heavy (non-hydrogen) atoms. The highest BCUT2D eigenvalue weighted by Gasteiger charge is 2.15. The van der Waals surface area contributed by atoms with E-state index in [1.807, 2.05) is 6.26 Å². The smallest absolute Gasteiger partial charge is 0.287 e. The first kappa shape index (κ1) is 21.8. The molecule has 1 aromatic carbocycles. The van der Waals surface area contributed by atoms with Gasteiger partial charge in [-0.15, -0.1) is 0 Å². The van der Waals surface area contributed by atoms with Crippen molar-refractivity contribution in [1.29, 1.82) is 0 Å². The van der Waals surface area contributed by atoms with E-state index in [0.717, 1.165) is 17.7 Å². The highest BCUT2D eigenvalue weighted by Crippen LogP contribution is 2.23. The van der Waals surface area contributed by atoms with Gasteiger partial charge in [-0.05, 0) is 24.3 Å². The summed E-state index contributed by atoms with van der Waals surface area (Å²) < 4.78 is 7.32. The van der Waals surface area contributed by atoms with Crippen LogP contribution < -0.4 is 16.1 Å². The van der Waals surface area contributed by atoms with Gasteiger partial charge in [0.15, 0.2) is 22.0 Å². The number of carbonyl (C=O) groups is 1. The fourth-order valence-electron chi connectivity index (χ4n) is 3.20. The van der Waals surface area contributed by atoms with E-state index in [2.05, 4.69) is 39.5 Å². The van der Waals surface area contributed by atoms with Gasteiger partial charge in [0, 0.05) is 19.2 Å². The maximum atomic E-state index is 12.5. The normalized spacial score (nSPS) is 11.4. The molecule has 10 heteroatoms. The van der Waals surface area contributed by atoms with Crippen LogP contribution in [0.3, 0.4) is 0 Å². The van der Waals surface area contributed by atoms with Crippen LogP contribution in [0.25, 0.3) is 22.0 Å². The predicted molar refractivity (Wildman–Crippen MR) is 125 cm³/mol. The highest BCUT2D eigenvalue weighted by atomic mass is 32.2. The van der Waals surface area contributed by atoms with Crippen molar-refractivity contribution in [2.75, 3.05) is 24.7 Å². The quantitative estimate of drug-likeness (QED) is 0.309. The van der Waals surface area contributed by atoms with Crippen molar-refractivity contribution < 1.29 is 9.21 Å². The number of para-hydroxylation sites is 1. The lowest BCUT2D eigenvalue weighted by molar-refractivity contribution is 0.0925. The summed E-state index contributed by atoms with van der Waals surface area (Å²) in [4.78, 5) is 33.9. The average Bonchev–Trinajstić information content (AvgIpc) is 3.20. The third-order valence-electron chi connectivity index (χ3n) is 4.80. The van der Waals surface area contributed by atoms with E-state index in [4.69, 9.17) is 4.42 Å². The van der Waals surface area contributed by atoms with E-state index in [1.54, 1.807) is 35.1 Å². The van der Waals surface area contributed by atoms with Crippen molar-refractivity contribution in [2.45, 2.75) is 25.5 Å². The van der Waals surface area contributed by atoms with Gasteiger partial charge in [-0.25, -0.2) is 14.6 Å². The van der Waals surface area contributed by atoms with Gasteiger partial charge in [-0.2, -0.15) is 5.10 Å². The van der Waals surface area contributed by atoms with Crippen molar-refractivity contribution in [3.8, 4) is 0 Å². The minimum atomic E-state index is -0.456. The van der Waals surface area contributed by atoms with E-state index in [9.17, 15) is 9.59 Å². The summed E-state index contributed by atoms with van der Waals surface area (Å²) in [6.07, 6.45) is 3.65. The Bertz CT molecular complexity index is 1330. The average molecular weight is 453 g/mol. The number of rotatable bonds is 8. The number of anilines is 1. The molecule has 0 aliphatic rings. The first-order valence-corrected chi connectivity index (χ1v) is 11.5. The van der Waals surface area contributed by atoms with Crippen LogP contribution in [0.2, 0.25) is 0 Å². The summed E-state index contributed by atoms with van der Waals surface area (Å²) >= 11 is 1.46. The van der Waals surface area contributed by atoms with Crippen molar-refractivity contribution in [3.63, 3.8) is 0 Å². The Labute approximate surface area is 188 Å². The lowest BCUT2D eigenvalue weighted by atomic mass is 10.2. The molecule has 0 radical (unpaired) electrons. The summed E-state index contributed by atoms with van der Waals surface area (Å²) in [6, 6.07) is 8.05. The first-order valence-electron chi connectivity index (χ1n) is 10.3. The third-order valence-corrected chi connectivity index (χ3v) is 5.35. The number of fused-ring (bicyclic) bond motifs is 2. The van der Waals surface area contributed by atoms with Crippen LogP contribution >= 0.6 is 11.8 Å². The van der Waals surface area contributed by atoms with E-state index >= 15 is 0 Å². The molecule has 0 bridgehead atoms. The molecular weight excluding hydrogens is 428 g/mol. The summed E-state index contributed by atoms with van der Waals surface area (Å²) in [5.41, 5.74) is 0.825. The Morgan fingerprint density at radius 1 is 1.22 bits per heavy atom. The maximum Gasteiger partial charge on any atom is 0.287 e. The summed E-state index contributed by atoms with van der Waals surface area (Å²) in [6.45, 7) is 5.74. The number of hydrogen-bond donors (Lipinski definition) is 2. The van der Waals surface area contributed by atoms with Crippen molar-refractivity contribution >= 4 is 45.5 Å². The molecule has 1 amide bonds. The molecular formula is C22H24N6O3S. The molecule has 3 aromatic heterocycles. The molecule has 4 aromatic rings. The fourth-order valence-corrected chi connectivity index (χ4v) is 3.56. The van der Waals surface area contributed by atoms with Gasteiger partial charge in [-0.1, -0.05) is 37.7 Å². The summed E-state index contributed by atoms with van der Waals surface area (Å²) in [5, 5.41) is 12.5. The van der Waals surface area contributed by atoms with E-state index in [0.29, 0.717) is 40.8 Å². The zero-order chi connectivity index (χ0) is 22.7. The molecule has 0 saturated heterocycles. The minimum absolute atomic E-state index is 0.0220. The largest absolute Gasteiger partial charge is 0.451 e. The second-order valence-electron chi connectivity index (χ2n) is 7.67. The number of amides is 1. The van der Waals surface area contributed by atoms with E-state index in [1.165, 1.54) is 17.8 Å². The molecule has 0 fully saturated rings. The molecule has 0 aliphatic heterocycles. The molecule has 4 rings (SSSR count). The van der Waals surface area contributed by atoms with Crippen LogP contribution in [-0.2, 0) is 6.54 Å². The van der Waals surface area contributed by atoms with Crippen LogP contribution in [0.15, 0.2) is 50.9 Å². The van der Waals surface area contributed by atoms with Crippen molar-refractivity contribution in [2.24, 2.45) is 5.92 Å². The van der Waals surface area contributed by atoms with Crippen LogP contribution in [0.1, 0.15) is 24.4 Å². The Morgan fingerprint density at radius 2 is 2.03 bits per heavy atom. The van der Waals surface area contributed by atoms with Crippen LogP contribution in [0.5, 0.6) is 0 Å². The monoisotopic (exact) mass is 452 g/mol. The maximum absolute atomic E-state index is 12.5. The number of hydrogen-bond acceptors (Lipinski definition) is 8. The Hall–Kier alpha value is -3.40. The lowest BCUT2D eigenvalue weighted by Gasteiger charge is -2.10. The Balaban J connectivity index is 1.49. The van der Waals surface area contributed by atoms with Crippen LogP contribution in [-0.4, -0.2) is 45.0 Å². The molecule has 166 valence electrons. The minimum Gasteiger partial charge on any atom is -0.451 e. The lowest BCUT2D eigenvalue weighted by Crippen LogP contribution is -2.28. The molecule has 0 atom stereocenters. The van der Waals surface area contributed by atoms with Crippen molar-refractivity contribution in [3.05, 3.63) is 52.5 Å². The number of thioether (sulfide) groups is 1. The summed E-state index contributed by atoms with van der Waals surface area (Å²) in [5.74, 6) is 0.744. The van der Waals surface area contributed by atoms with Crippen LogP contribution in [0.4, 0.5) is 5.82 Å². The topological polar surface area (TPSA) is 115 Å². The SMILES string of the molecule is CSc1nc(NCC(C)C)c2cnn(CCNC(=O)c3cc(=O)c4ccccc4o3)c2n1. The molecule has 0 saturated carbocycles. The number of carbonyl (C=O) groups excluding carboxylic acids is 1. The predicted octanol–water partition coefficient (Wildman–Crippen LogP) is 3.15. The number of aromatic nitrogens is 4. The molecule has 2 N–H and O–H groups in total. The number of nitrogens with zero attached hydrogens (tertiary/aromatic N) is 4. The van der Waals surface area contributed by atoms with Gasteiger partial charge in [-0.3, -0.25) is 9.59 Å². The number of nitrogens with one attached hydrogen (secondary N) is 2. The fraction of sp³-hybridized carbons (Fsp3) is 0.318. The summed E-state index contributed by atoms with van der Waals surface area (Å²) in [7, 11) is 0. The van der Waals surface area contributed by atoms with Crippen molar-refractivity contribution in [1.82, 2.24) is 25.1 Å². The van der Waals surface area contributed by atoms with E-state index < -0.39 is 5.91 Å². The number of benzene rings is 1. The molecule has 3 heterocycles. The van der Waals surface area contributed by atoms with Crippen LogP contribution in [0, 0.1) is 5.92 Å². The zero-order valence-corrected chi connectivity index (χ0v) is 18.9. The molecule has 9 nitrogen and oxygen atoms in total. The van der Waals surface area contributed by atoms with E-state index in [-0.39, 0.29) is 11.2 Å². The Kier molecular flexibility index (Phi) is 6.40.